The first-order chi connectivity index (χ1) is 9.92. The van der Waals surface area contributed by atoms with E-state index in [4.69, 9.17) is 4.74 Å². The van der Waals surface area contributed by atoms with Crippen LogP contribution in [0.15, 0.2) is 34.8 Å². The van der Waals surface area contributed by atoms with Crippen molar-refractivity contribution in [1.82, 2.24) is 0 Å². The van der Waals surface area contributed by atoms with Gasteiger partial charge in [-0.25, -0.2) is 4.39 Å². The smallest absolute Gasteiger partial charge is 0.312 e. The fourth-order valence-corrected chi connectivity index (χ4v) is 2.71. The predicted molar refractivity (Wildman–Crippen MR) is 84.6 cm³/mol. The minimum absolute atomic E-state index is 0.0358. The van der Waals surface area contributed by atoms with Gasteiger partial charge in [-0.15, -0.1) is 0 Å². The zero-order valence-electron chi connectivity index (χ0n) is 10.9. The highest BCUT2D eigenvalue weighted by atomic mass is 79.9. The molecule has 0 N–H and O–H groups in total. The van der Waals surface area contributed by atoms with E-state index in [1.807, 2.05) is 0 Å². The largest absolute Gasteiger partial charge is 0.447 e. The maximum absolute atomic E-state index is 13.9. The Bertz CT molecular complexity index is 707. The minimum Gasteiger partial charge on any atom is -0.447 e. The van der Waals surface area contributed by atoms with Crippen molar-refractivity contribution in [2.75, 3.05) is 0 Å². The molecule has 0 unspecified atom stereocenters. The number of nitrogens with zero attached hydrogens (tertiary/aromatic N) is 1. The Morgan fingerprint density at radius 2 is 2.05 bits per heavy atom. The first-order valence-corrected chi connectivity index (χ1v) is 7.80. The Hall–Kier alpha value is -1.47. The van der Waals surface area contributed by atoms with Gasteiger partial charge in [-0.05, 0) is 36.2 Å². The quantitative estimate of drug-likeness (QED) is 0.374. The van der Waals surface area contributed by atoms with Gasteiger partial charge in [0.25, 0.3) is 0 Å². The molecule has 0 saturated carbocycles. The molecule has 0 aliphatic heterocycles. The Morgan fingerprint density at radius 1 is 1.33 bits per heavy atom. The third-order valence-electron chi connectivity index (χ3n) is 2.78. The van der Waals surface area contributed by atoms with Gasteiger partial charge in [0.1, 0.15) is 0 Å². The van der Waals surface area contributed by atoms with Gasteiger partial charge in [-0.1, -0.05) is 37.9 Å². The molecule has 0 heterocycles. The number of hydrogen-bond donors (Lipinski definition) is 0. The first kappa shape index (κ1) is 15.9. The van der Waals surface area contributed by atoms with Crippen molar-refractivity contribution in [3.8, 4) is 11.5 Å². The molecular weight excluding hydrogens is 409 g/mol. The Balaban J connectivity index is 2.46. The molecule has 0 radical (unpaired) electrons. The molecule has 0 aliphatic carbocycles. The van der Waals surface area contributed by atoms with E-state index in [-0.39, 0.29) is 17.2 Å². The number of nitro benzene ring substituents is 1. The number of alkyl halides is 1. The Labute approximate surface area is 137 Å². The van der Waals surface area contributed by atoms with Crippen LogP contribution in [-0.2, 0) is 5.33 Å². The summed E-state index contributed by atoms with van der Waals surface area (Å²) in [5.74, 6) is -0.578. The average molecular weight is 419 g/mol. The highest BCUT2D eigenvalue weighted by molar-refractivity contribution is 9.10. The Morgan fingerprint density at radius 3 is 2.62 bits per heavy atom. The second-order valence-electron chi connectivity index (χ2n) is 4.33. The number of rotatable bonds is 4. The number of halogens is 3. The van der Waals surface area contributed by atoms with Gasteiger partial charge < -0.3 is 4.74 Å². The molecule has 2 aromatic carbocycles. The fourth-order valence-electron chi connectivity index (χ4n) is 1.80. The summed E-state index contributed by atoms with van der Waals surface area (Å²) >= 11 is 6.43. The molecule has 0 spiro atoms. The second kappa shape index (κ2) is 6.53. The van der Waals surface area contributed by atoms with Crippen LogP contribution in [0.5, 0.6) is 11.5 Å². The standard InChI is InChI=1S/C14H10Br2FNO3/c1-8-4-10(16)6-12(18(19)20)14(8)21-13-3-2-9(7-15)5-11(13)17/h2-6H,7H2,1H3. The zero-order valence-corrected chi connectivity index (χ0v) is 14.1. The van der Waals surface area contributed by atoms with Gasteiger partial charge in [0.2, 0.25) is 5.75 Å². The molecule has 21 heavy (non-hydrogen) atoms. The molecule has 2 aromatic rings. The molecule has 7 heteroatoms. The van der Waals surface area contributed by atoms with Gasteiger partial charge in [-0.3, -0.25) is 10.1 Å². The third-order valence-corrected chi connectivity index (χ3v) is 3.88. The highest BCUT2D eigenvalue weighted by Gasteiger charge is 2.20. The predicted octanol–water partition coefficient (Wildman–Crippen LogP) is 5.49. The van der Waals surface area contributed by atoms with E-state index < -0.39 is 10.7 Å². The van der Waals surface area contributed by atoms with Crippen LogP contribution in [0.2, 0.25) is 0 Å². The number of hydrogen-bond acceptors (Lipinski definition) is 3. The van der Waals surface area contributed by atoms with Crippen LogP contribution in [0.4, 0.5) is 10.1 Å². The summed E-state index contributed by atoms with van der Waals surface area (Å²) in [5.41, 5.74) is 1.08. The van der Waals surface area contributed by atoms with Crippen LogP contribution < -0.4 is 4.74 Å². The van der Waals surface area contributed by atoms with Gasteiger partial charge in [0.15, 0.2) is 11.6 Å². The Kier molecular flexibility index (Phi) is 4.95. The second-order valence-corrected chi connectivity index (χ2v) is 5.80. The number of ether oxygens (including phenoxy) is 1. The molecule has 0 aliphatic rings. The SMILES string of the molecule is Cc1cc(Br)cc([N+](=O)[O-])c1Oc1ccc(CBr)cc1F. The summed E-state index contributed by atoms with van der Waals surface area (Å²) in [6, 6.07) is 7.47. The lowest BCUT2D eigenvalue weighted by Crippen LogP contribution is -1.97. The summed E-state index contributed by atoms with van der Waals surface area (Å²) in [6.45, 7) is 1.66. The van der Waals surface area contributed by atoms with Crippen molar-refractivity contribution >= 4 is 37.5 Å². The molecule has 0 aromatic heterocycles. The number of nitro groups is 1. The van der Waals surface area contributed by atoms with Crippen LogP contribution in [0, 0.1) is 22.9 Å². The molecule has 0 bridgehead atoms. The van der Waals surface area contributed by atoms with E-state index in [1.165, 1.54) is 18.2 Å². The van der Waals surface area contributed by atoms with E-state index in [2.05, 4.69) is 31.9 Å². The molecule has 0 amide bonds. The van der Waals surface area contributed by atoms with Crippen molar-refractivity contribution in [2.45, 2.75) is 12.3 Å². The lowest BCUT2D eigenvalue weighted by atomic mass is 10.2. The molecule has 0 atom stereocenters. The maximum atomic E-state index is 13.9. The summed E-state index contributed by atoms with van der Waals surface area (Å²) in [4.78, 5) is 10.5. The summed E-state index contributed by atoms with van der Waals surface area (Å²) < 4.78 is 19.9. The molecule has 4 nitrogen and oxygen atoms in total. The van der Waals surface area contributed by atoms with Crippen molar-refractivity contribution in [1.29, 1.82) is 0 Å². The molecular formula is C14H10Br2FNO3. The van der Waals surface area contributed by atoms with Crippen molar-refractivity contribution in [3.63, 3.8) is 0 Å². The maximum Gasteiger partial charge on any atom is 0.312 e. The van der Waals surface area contributed by atoms with Crippen LogP contribution in [0.3, 0.4) is 0 Å². The first-order valence-electron chi connectivity index (χ1n) is 5.89. The number of aryl methyl sites for hydroxylation is 1. The normalized spacial score (nSPS) is 10.5. The molecule has 0 saturated heterocycles. The molecule has 0 fully saturated rings. The molecule has 110 valence electrons. The van der Waals surface area contributed by atoms with Gasteiger partial charge in [0, 0.05) is 15.9 Å². The summed E-state index contributed by atoms with van der Waals surface area (Å²) in [6.07, 6.45) is 0. The van der Waals surface area contributed by atoms with E-state index in [9.17, 15) is 14.5 Å². The van der Waals surface area contributed by atoms with Crippen LogP contribution in [0.25, 0.3) is 0 Å². The topological polar surface area (TPSA) is 52.4 Å². The summed E-state index contributed by atoms with van der Waals surface area (Å²) in [5, 5.41) is 11.6. The van der Waals surface area contributed by atoms with Crippen molar-refractivity contribution < 1.29 is 14.1 Å². The number of benzene rings is 2. The van der Waals surface area contributed by atoms with E-state index in [0.717, 1.165) is 5.56 Å². The fraction of sp³-hybridized carbons (Fsp3) is 0.143. The lowest BCUT2D eigenvalue weighted by Gasteiger charge is -2.11. The lowest BCUT2D eigenvalue weighted by molar-refractivity contribution is -0.385. The van der Waals surface area contributed by atoms with Crippen LogP contribution in [0.1, 0.15) is 11.1 Å². The molecule has 2 rings (SSSR count). The van der Waals surface area contributed by atoms with Crippen molar-refractivity contribution in [2.24, 2.45) is 0 Å². The van der Waals surface area contributed by atoms with Crippen LogP contribution >= 0.6 is 31.9 Å². The van der Waals surface area contributed by atoms with E-state index in [1.54, 1.807) is 19.1 Å². The van der Waals surface area contributed by atoms with Crippen LogP contribution in [-0.4, -0.2) is 4.92 Å². The van der Waals surface area contributed by atoms with Gasteiger partial charge in [0.05, 0.1) is 4.92 Å². The van der Waals surface area contributed by atoms with Gasteiger partial charge in [-0.2, -0.15) is 0 Å². The minimum atomic E-state index is -0.566. The summed E-state index contributed by atoms with van der Waals surface area (Å²) in [7, 11) is 0. The van der Waals surface area contributed by atoms with E-state index >= 15 is 0 Å². The van der Waals surface area contributed by atoms with Gasteiger partial charge >= 0.3 is 5.69 Å². The average Bonchev–Trinajstić information content (AvgIpc) is 2.42. The zero-order chi connectivity index (χ0) is 15.6. The third kappa shape index (κ3) is 3.59. The van der Waals surface area contributed by atoms with E-state index in [0.29, 0.717) is 15.4 Å². The van der Waals surface area contributed by atoms with Crippen molar-refractivity contribution in [3.05, 3.63) is 61.9 Å². The highest BCUT2D eigenvalue weighted by Crippen LogP contribution is 2.38. The monoisotopic (exact) mass is 417 g/mol.